The predicted octanol–water partition coefficient (Wildman–Crippen LogP) is 3.90. The molecule has 0 aromatic carbocycles. The Balaban J connectivity index is 0.000000167. The van der Waals surface area contributed by atoms with Crippen molar-refractivity contribution in [3.63, 3.8) is 0 Å². The molecule has 63 valence electrons. The van der Waals surface area contributed by atoms with Gasteiger partial charge in [0.1, 0.15) is 0 Å². The van der Waals surface area contributed by atoms with E-state index in [4.69, 9.17) is 0 Å². The topological polar surface area (TPSA) is 0 Å². The molecular weight excluding hydrogens is 213 g/mol. The molecule has 0 heterocycles. The number of hydrogen-bond donors (Lipinski definition) is 0. The maximum Gasteiger partial charge on any atom is 2.00 e. The van der Waals surface area contributed by atoms with Gasteiger partial charge in [-0.25, -0.2) is 0 Å². The largest absolute Gasteiger partial charge is 2.00 e. The van der Waals surface area contributed by atoms with E-state index in [9.17, 15) is 0 Å². The summed E-state index contributed by atoms with van der Waals surface area (Å²) in [5.74, 6) is 0. The zero-order valence-electron chi connectivity index (χ0n) is 7.52. The van der Waals surface area contributed by atoms with Gasteiger partial charge in [-0.3, -0.25) is 0 Å². The van der Waals surface area contributed by atoms with Gasteiger partial charge in [0, 0.05) is 0 Å². The van der Waals surface area contributed by atoms with E-state index in [1.54, 1.807) is 0 Å². The van der Waals surface area contributed by atoms with Crippen LogP contribution in [-0.2, 0) is 22.4 Å². The van der Waals surface area contributed by atoms with E-state index in [2.05, 4.69) is 0 Å². The van der Waals surface area contributed by atoms with Crippen LogP contribution in [0.4, 0.5) is 0 Å². The van der Waals surface area contributed by atoms with Crippen molar-refractivity contribution in [1.29, 1.82) is 0 Å². The first-order chi connectivity index (χ1) is 5.00. The van der Waals surface area contributed by atoms with Crippen molar-refractivity contribution < 1.29 is 22.4 Å². The third-order valence-electron chi connectivity index (χ3n) is 2.50. The molecule has 0 aromatic rings. The van der Waals surface area contributed by atoms with Gasteiger partial charge in [-0.05, 0) is 0 Å². The molecule has 0 atom stereocenters. The number of hydrogen-bond acceptors (Lipinski definition) is 0. The van der Waals surface area contributed by atoms with Gasteiger partial charge >= 0.3 is 22.4 Å². The molecule has 11 heavy (non-hydrogen) atoms. The van der Waals surface area contributed by atoms with Gasteiger partial charge in [-0.1, -0.05) is 64.2 Å². The molecule has 0 nitrogen and oxygen atoms in total. The van der Waals surface area contributed by atoms with E-state index >= 15 is 0 Å². The molecule has 0 N–H and O–H groups in total. The van der Waals surface area contributed by atoms with Gasteiger partial charge in [0.25, 0.3) is 0 Å². The molecule has 1 radical (unpaired) electrons. The van der Waals surface area contributed by atoms with Crippen molar-refractivity contribution in [3.8, 4) is 0 Å². The molecular formula is C10H20Nb+2. The van der Waals surface area contributed by atoms with E-state index in [1.807, 2.05) is 0 Å². The number of rotatable bonds is 0. The molecule has 2 rings (SSSR count). The fraction of sp³-hybridized carbons (Fsp3) is 1.00. The van der Waals surface area contributed by atoms with Gasteiger partial charge in [-0.2, -0.15) is 0 Å². The van der Waals surface area contributed by atoms with Gasteiger partial charge in [0.2, 0.25) is 0 Å². The Kier molecular flexibility index (Phi) is 9.43. The van der Waals surface area contributed by atoms with E-state index in [1.165, 1.54) is 64.2 Å². The molecule has 1 heteroatoms. The average Bonchev–Trinajstić information content (AvgIpc) is 2.67. The molecule has 0 aliphatic heterocycles. The summed E-state index contributed by atoms with van der Waals surface area (Å²) in [5.41, 5.74) is 0. The minimum Gasteiger partial charge on any atom is -0.0533 e. The molecule has 2 aliphatic rings. The third-order valence-corrected chi connectivity index (χ3v) is 2.50. The van der Waals surface area contributed by atoms with Crippen LogP contribution >= 0.6 is 0 Å². The fourth-order valence-corrected chi connectivity index (χ4v) is 1.77. The zero-order chi connectivity index (χ0) is 7.07. The van der Waals surface area contributed by atoms with E-state index < -0.39 is 0 Å². The average molecular weight is 233 g/mol. The summed E-state index contributed by atoms with van der Waals surface area (Å²) in [7, 11) is 0. The summed E-state index contributed by atoms with van der Waals surface area (Å²) in [6.45, 7) is 0. The Labute approximate surface area is 86.7 Å². The van der Waals surface area contributed by atoms with Crippen LogP contribution in [0, 0.1) is 0 Å². The van der Waals surface area contributed by atoms with E-state index in [0.29, 0.717) is 0 Å². The summed E-state index contributed by atoms with van der Waals surface area (Å²) in [6.07, 6.45) is 15.0. The molecule has 2 aliphatic carbocycles. The predicted molar refractivity (Wildman–Crippen MR) is 46.2 cm³/mol. The van der Waals surface area contributed by atoms with Gasteiger partial charge in [0.05, 0.1) is 0 Å². The first-order valence-electron chi connectivity index (χ1n) is 5.00. The van der Waals surface area contributed by atoms with Crippen LogP contribution < -0.4 is 0 Å². The van der Waals surface area contributed by atoms with Crippen molar-refractivity contribution in [2.75, 3.05) is 0 Å². The van der Waals surface area contributed by atoms with Crippen molar-refractivity contribution in [2.45, 2.75) is 64.2 Å². The molecule has 0 spiro atoms. The van der Waals surface area contributed by atoms with Crippen molar-refractivity contribution in [1.82, 2.24) is 0 Å². The monoisotopic (exact) mass is 233 g/mol. The standard InChI is InChI=1S/2C5H10.Nb/c2*1-2-4-5-3-1;/h2*1-5H2;/q;;+2. The first-order valence-corrected chi connectivity index (χ1v) is 5.00. The Morgan fingerprint density at radius 2 is 0.364 bits per heavy atom. The zero-order valence-corrected chi connectivity index (χ0v) is 9.72. The third kappa shape index (κ3) is 7.11. The summed E-state index contributed by atoms with van der Waals surface area (Å²) >= 11 is 0. The summed E-state index contributed by atoms with van der Waals surface area (Å²) < 4.78 is 0. The molecule has 0 bridgehead atoms. The molecule has 0 unspecified atom stereocenters. The first kappa shape index (κ1) is 11.7. The van der Waals surface area contributed by atoms with E-state index in [-0.39, 0.29) is 22.4 Å². The van der Waals surface area contributed by atoms with Crippen LogP contribution in [0.3, 0.4) is 0 Å². The molecule has 0 amide bonds. The summed E-state index contributed by atoms with van der Waals surface area (Å²) in [4.78, 5) is 0. The second kappa shape index (κ2) is 8.83. The van der Waals surface area contributed by atoms with Gasteiger partial charge < -0.3 is 0 Å². The molecule has 2 fully saturated rings. The van der Waals surface area contributed by atoms with Crippen molar-refractivity contribution in [3.05, 3.63) is 0 Å². The Morgan fingerprint density at radius 3 is 0.455 bits per heavy atom. The Bertz CT molecular complexity index is 38.1. The quantitative estimate of drug-likeness (QED) is 0.556. The van der Waals surface area contributed by atoms with Crippen molar-refractivity contribution >= 4 is 0 Å². The summed E-state index contributed by atoms with van der Waals surface area (Å²) in [5, 5.41) is 0. The molecule has 0 saturated heterocycles. The Morgan fingerprint density at radius 1 is 0.273 bits per heavy atom. The smallest absolute Gasteiger partial charge is 0.0533 e. The van der Waals surface area contributed by atoms with Crippen LogP contribution in [0.25, 0.3) is 0 Å². The fourth-order valence-electron chi connectivity index (χ4n) is 1.77. The molecule has 2 saturated carbocycles. The van der Waals surface area contributed by atoms with Gasteiger partial charge in [0.15, 0.2) is 0 Å². The van der Waals surface area contributed by atoms with E-state index in [0.717, 1.165) is 0 Å². The van der Waals surface area contributed by atoms with Crippen LogP contribution in [0.2, 0.25) is 0 Å². The molecule has 0 aromatic heterocycles. The Hall–Kier alpha value is 0.740. The van der Waals surface area contributed by atoms with Crippen LogP contribution in [0.5, 0.6) is 0 Å². The normalized spacial score (nSPS) is 21.8. The van der Waals surface area contributed by atoms with Gasteiger partial charge in [-0.15, -0.1) is 0 Å². The second-order valence-corrected chi connectivity index (χ2v) is 3.54. The maximum atomic E-state index is 1.50. The minimum atomic E-state index is 0. The second-order valence-electron chi connectivity index (χ2n) is 3.54. The van der Waals surface area contributed by atoms with Crippen LogP contribution in [0.1, 0.15) is 64.2 Å². The van der Waals surface area contributed by atoms with Crippen LogP contribution in [-0.4, -0.2) is 0 Å². The minimum absolute atomic E-state index is 0. The van der Waals surface area contributed by atoms with Crippen molar-refractivity contribution in [2.24, 2.45) is 0 Å². The maximum absolute atomic E-state index is 1.50. The summed E-state index contributed by atoms with van der Waals surface area (Å²) in [6, 6.07) is 0. The van der Waals surface area contributed by atoms with Crippen LogP contribution in [0.15, 0.2) is 0 Å². The SMILES string of the molecule is C1CCCC1.C1CCCC1.[Nb+2].